The number of hydrogen-bond acceptors (Lipinski definition) is 7. The van der Waals surface area contributed by atoms with Gasteiger partial charge < -0.3 is 15.8 Å². The number of hydrogen-bond donors (Lipinski definition) is 2. The maximum absolute atomic E-state index is 11.7. The molecule has 0 saturated heterocycles. The molecular weight excluding hydrogens is 246 g/mol. The van der Waals surface area contributed by atoms with E-state index in [1.807, 2.05) is 0 Å². The van der Waals surface area contributed by atoms with Gasteiger partial charge in [-0.25, -0.2) is 19.7 Å². The summed E-state index contributed by atoms with van der Waals surface area (Å²) in [4.78, 5) is 23.5. The van der Waals surface area contributed by atoms with Crippen LogP contribution in [0.15, 0.2) is 31.0 Å². The van der Waals surface area contributed by atoms with Gasteiger partial charge in [0.1, 0.15) is 12.1 Å². The zero-order chi connectivity index (χ0) is 13.7. The third kappa shape index (κ3) is 3.15. The number of aromatic nitrogens is 3. The zero-order valence-electron chi connectivity index (χ0n) is 10.3. The highest BCUT2D eigenvalue weighted by Crippen LogP contribution is 2.18. The van der Waals surface area contributed by atoms with Crippen LogP contribution in [0.2, 0.25) is 0 Å². The fourth-order valence-electron chi connectivity index (χ4n) is 1.43. The second kappa shape index (κ2) is 5.76. The molecule has 0 amide bonds. The fourth-order valence-corrected chi connectivity index (χ4v) is 1.43. The molecule has 2 aromatic heterocycles. The molecule has 0 unspecified atom stereocenters. The molecule has 0 aromatic carbocycles. The number of nitrogens with zero attached hydrogens (tertiary/aromatic N) is 3. The van der Waals surface area contributed by atoms with Gasteiger partial charge >= 0.3 is 5.97 Å². The second-order valence-corrected chi connectivity index (χ2v) is 3.63. The summed E-state index contributed by atoms with van der Waals surface area (Å²) in [6.45, 7) is 2.02. The number of nitrogens with one attached hydrogen (secondary N) is 1. The number of nitrogens with two attached hydrogens (primary N) is 1. The Morgan fingerprint density at radius 1 is 1.37 bits per heavy atom. The molecule has 7 nitrogen and oxygen atoms in total. The third-order valence-corrected chi connectivity index (χ3v) is 2.26. The molecule has 0 bridgehead atoms. The van der Waals surface area contributed by atoms with Crippen LogP contribution < -0.4 is 11.1 Å². The Kier molecular flexibility index (Phi) is 3.87. The first kappa shape index (κ1) is 12.7. The Bertz CT molecular complexity index is 574. The highest BCUT2D eigenvalue weighted by Gasteiger charge is 2.12. The van der Waals surface area contributed by atoms with Gasteiger partial charge in [-0.2, -0.15) is 0 Å². The molecule has 0 atom stereocenters. The van der Waals surface area contributed by atoms with E-state index < -0.39 is 5.97 Å². The summed E-state index contributed by atoms with van der Waals surface area (Å²) in [6, 6.07) is 1.53. The lowest BCUT2D eigenvalue weighted by Crippen LogP contribution is -2.09. The Morgan fingerprint density at radius 2 is 2.11 bits per heavy atom. The molecular formula is C12H13N5O2. The standard InChI is InChI=1S/C12H13N5O2/c1-2-19-12(18)9-3-11(16-6-10(9)13)17-8-4-14-7-15-5-8/h3-7H,2,13H2,1H3,(H,16,17). The molecule has 2 heterocycles. The van der Waals surface area contributed by atoms with E-state index in [0.29, 0.717) is 11.5 Å². The molecule has 19 heavy (non-hydrogen) atoms. The predicted molar refractivity (Wildman–Crippen MR) is 69.9 cm³/mol. The Morgan fingerprint density at radius 3 is 2.79 bits per heavy atom. The number of pyridine rings is 1. The van der Waals surface area contributed by atoms with Gasteiger partial charge in [-0.1, -0.05) is 0 Å². The number of carbonyl (C=O) groups is 1. The minimum Gasteiger partial charge on any atom is -0.462 e. The van der Waals surface area contributed by atoms with Crippen LogP contribution in [0, 0.1) is 0 Å². The Hall–Kier alpha value is -2.70. The summed E-state index contributed by atoms with van der Waals surface area (Å²) in [7, 11) is 0. The first-order valence-corrected chi connectivity index (χ1v) is 5.65. The average Bonchev–Trinajstić information content (AvgIpc) is 2.42. The van der Waals surface area contributed by atoms with Crippen molar-refractivity contribution in [3.63, 3.8) is 0 Å². The van der Waals surface area contributed by atoms with E-state index in [0.717, 1.165) is 0 Å². The van der Waals surface area contributed by atoms with Crippen molar-refractivity contribution in [2.45, 2.75) is 6.92 Å². The quantitative estimate of drug-likeness (QED) is 0.799. The van der Waals surface area contributed by atoms with Gasteiger partial charge in [0.25, 0.3) is 0 Å². The van der Waals surface area contributed by atoms with Gasteiger partial charge in [0.15, 0.2) is 0 Å². The fraction of sp³-hybridized carbons (Fsp3) is 0.167. The molecule has 98 valence electrons. The van der Waals surface area contributed by atoms with Crippen molar-refractivity contribution in [3.8, 4) is 0 Å². The summed E-state index contributed by atoms with van der Waals surface area (Å²) in [6.07, 6.45) is 6.01. The third-order valence-electron chi connectivity index (χ3n) is 2.26. The van der Waals surface area contributed by atoms with Gasteiger partial charge in [-0.05, 0) is 13.0 Å². The normalized spacial score (nSPS) is 9.95. The molecule has 7 heteroatoms. The van der Waals surface area contributed by atoms with Crippen molar-refractivity contribution in [1.29, 1.82) is 0 Å². The van der Waals surface area contributed by atoms with Crippen molar-refractivity contribution in [1.82, 2.24) is 15.0 Å². The van der Waals surface area contributed by atoms with E-state index in [1.165, 1.54) is 18.6 Å². The number of carbonyl (C=O) groups excluding carboxylic acids is 1. The topological polar surface area (TPSA) is 103 Å². The second-order valence-electron chi connectivity index (χ2n) is 3.63. The molecule has 0 fully saturated rings. The van der Waals surface area contributed by atoms with Crippen molar-refractivity contribution in [3.05, 3.63) is 36.5 Å². The lowest BCUT2D eigenvalue weighted by Gasteiger charge is -2.08. The van der Waals surface area contributed by atoms with Crippen molar-refractivity contribution in [2.75, 3.05) is 17.7 Å². The summed E-state index contributed by atoms with van der Waals surface area (Å²) in [5.74, 6) is -0.0122. The number of esters is 1. The van der Waals surface area contributed by atoms with Crippen LogP contribution in [0.1, 0.15) is 17.3 Å². The number of rotatable bonds is 4. The lowest BCUT2D eigenvalue weighted by atomic mass is 10.2. The van der Waals surface area contributed by atoms with Gasteiger partial charge in [0.2, 0.25) is 0 Å². The van der Waals surface area contributed by atoms with E-state index in [4.69, 9.17) is 10.5 Å². The van der Waals surface area contributed by atoms with E-state index in [9.17, 15) is 4.79 Å². The summed E-state index contributed by atoms with van der Waals surface area (Å²) in [5.41, 5.74) is 6.91. The first-order chi connectivity index (χ1) is 9.20. The van der Waals surface area contributed by atoms with E-state index >= 15 is 0 Å². The van der Waals surface area contributed by atoms with Gasteiger partial charge in [0, 0.05) is 0 Å². The monoisotopic (exact) mass is 259 g/mol. The maximum atomic E-state index is 11.7. The van der Waals surface area contributed by atoms with E-state index in [1.54, 1.807) is 19.3 Å². The zero-order valence-corrected chi connectivity index (χ0v) is 10.3. The van der Waals surface area contributed by atoms with E-state index in [2.05, 4.69) is 20.3 Å². The molecule has 0 aliphatic carbocycles. The van der Waals surface area contributed by atoms with Crippen LogP contribution in [0.25, 0.3) is 0 Å². The first-order valence-electron chi connectivity index (χ1n) is 5.65. The molecule has 0 aliphatic heterocycles. The summed E-state index contributed by atoms with van der Waals surface area (Å²) in [5, 5.41) is 2.97. The highest BCUT2D eigenvalue weighted by molar-refractivity contribution is 5.95. The summed E-state index contributed by atoms with van der Waals surface area (Å²) < 4.78 is 4.91. The molecule has 3 N–H and O–H groups in total. The SMILES string of the molecule is CCOC(=O)c1cc(Nc2cncnc2)ncc1N. The van der Waals surface area contributed by atoms with Crippen molar-refractivity contribution < 1.29 is 9.53 Å². The van der Waals surface area contributed by atoms with Crippen LogP contribution in [-0.2, 0) is 4.74 Å². The van der Waals surface area contributed by atoms with Crippen LogP contribution in [-0.4, -0.2) is 27.5 Å². The number of nitrogen functional groups attached to an aromatic ring is 1. The number of ether oxygens (including phenoxy) is 1. The van der Waals surface area contributed by atoms with Crippen LogP contribution in [0.4, 0.5) is 17.2 Å². The molecule has 2 rings (SSSR count). The number of anilines is 3. The van der Waals surface area contributed by atoms with Crippen LogP contribution in [0.5, 0.6) is 0 Å². The highest BCUT2D eigenvalue weighted by atomic mass is 16.5. The average molecular weight is 259 g/mol. The van der Waals surface area contributed by atoms with Gasteiger partial charge in [-0.15, -0.1) is 0 Å². The molecule has 0 aliphatic rings. The van der Waals surface area contributed by atoms with Crippen molar-refractivity contribution >= 4 is 23.2 Å². The largest absolute Gasteiger partial charge is 0.462 e. The van der Waals surface area contributed by atoms with Crippen LogP contribution in [0.3, 0.4) is 0 Å². The summed E-state index contributed by atoms with van der Waals surface area (Å²) >= 11 is 0. The maximum Gasteiger partial charge on any atom is 0.340 e. The van der Waals surface area contributed by atoms with E-state index in [-0.39, 0.29) is 17.9 Å². The minimum atomic E-state index is -0.477. The van der Waals surface area contributed by atoms with Crippen LogP contribution >= 0.6 is 0 Å². The minimum absolute atomic E-state index is 0.272. The lowest BCUT2D eigenvalue weighted by molar-refractivity contribution is 0.0527. The molecule has 2 aromatic rings. The smallest absolute Gasteiger partial charge is 0.340 e. The van der Waals surface area contributed by atoms with Crippen molar-refractivity contribution in [2.24, 2.45) is 0 Å². The van der Waals surface area contributed by atoms with Gasteiger partial charge in [0.05, 0.1) is 42.1 Å². The Labute approximate surface area is 109 Å². The molecule has 0 saturated carbocycles. The van der Waals surface area contributed by atoms with Gasteiger partial charge in [-0.3, -0.25) is 0 Å². The predicted octanol–water partition coefficient (Wildman–Crippen LogP) is 1.37. The Balaban J connectivity index is 2.23. The molecule has 0 spiro atoms. The molecule has 0 radical (unpaired) electrons.